The van der Waals surface area contributed by atoms with E-state index in [9.17, 15) is 13.6 Å². The second kappa shape index (κ2) is 7.40. The fraction of sp³-hybridized carbons (Fsp3) is 0.188. The molecule has 0 unspecified atom stereocenters. The van der Waals surface area contributed by atoms with E-state index in [1.54, 1.807) is 24.3 Å². The van der Waals surface area contributed by atoms with Crippen LogP contribution in [0.3, 0.4) is 0 Å². The summed E-state index contributed by atoms with van der Waals surface area (Å²) in [5, 5.41) is 2.61. The van der Waals surface area contributed by atoms with Gasteiger partial charge in [-0.3, -0.25) is 4.79 Å². The number of nitrogens with one attached hydrogen (secondary N) is 1. The van der Waals surface area contributed by atoms with Crippen molar-refractivity contribution >= 4 is 11.6 Å². The molecule has 0 aliphatic heterocycles. The Morgan fingerprint density at radius 3 is 2.59 bits per heavy atom. The average molecular weight is 307 g/mol. The summed E-state index contributed by atoms with van der Waals surface area (Å²) >= 11 is 0. The summed E-state index contributed by atoms with van der Waals surface area (Å²) in [5.74, 6) is -1.70. The Morgan fingerprint density at radius 1 is 1.09 bits per heavy atom. The van der Waals surface area contributed by atoms with Crippen LogP contribution in [-0.2, 0) is 4.79 Å². The lowest BCUT2D eigenvalue weighted by atomic mass is 10.3. The maximum Gasteiger partial charge on any atom is 0.262 e. The van der Waals surface area contributed by atoms with Crippen molar-refractivity contribution in [3.8, 4) is 11.5 Å². The number of anilines is 1. The topological polar surface area (TPSA) is 47.6 Å². The fourth-order valence-corrected chi connectivity index (χ4v) is 1.77. The molecule has 6 heteroatoms. The quantitative estimate of drug-likeness (QED) is 0.890. The SMILES string of the molecule is CCOc1ccccc1NC(=O)COc1ccc(F)cc1F. The molecule has 2 aromatic rings. The number of para-hydroxylation sites is 2. The van der Waals surface area contributed by atoms with Crippen LogP contribution in [0.2, 0.25) is 0 Å². The van der Waals surface area contributed by atoms with Gasteiger partial charge in [-0.2, -0.15) is 0 Å². The largest absolute Gasteiger partial charge is 0.492 e. The van der Waals surface area contributed by atoms with Crippen LogP contribution in [0.25, 0.3) is 0 Å². The van der Waals surface area contributed by atoms with E-state index in [-0.39, 0.29) is 5.75 Å². The normalized spacial score (nSPS) is 10.1. The van der Waals surface area contributed by atoms with E-state index in [0.29, 0.717) is 24.1 Å². The van der Waals surface area contributed by atoms with Gasteiger partial charge in [0.1, 0.15) is 11.6 Å². The van der Waals surface area contributed by atoms with Crippen molar-refractivity contribution in [1.29, 1.82) is 0 Å². The number of carbonyl (C=O) groups is 1. The second-order valence-electron chi connectivity index (χ2n) is 4.34. The smallest absolute Gasteiger partial charge is 0.262 e. The van der Waals surface area contributed by atoms with Crippen molar-refractivity contribution in [2.24, 2.45) is 0 Å². The zero-order chi connectivity index (χ0) is 15.9. The molecule has 0 saturated heterocycles. The van der Waals surface area contributed by atoms with Gasteiger partial charge in [0.2, 0.25) is 0 Å². The molecule has 0 atom stereocenters. The van der Waals surface area contributed by atoms with E-state index in [4.69, 9.17) is 9.47 Å². The highest BCUT2D eigenvalue weighted by Gasteiger charge is 2.10. The lowest BCUT2D eigenvalue weighted by molar-refractivity contribution is -0.118. The van der Waals surface area contributed by atoms with Crippen molar-refractivity contribution in [2.45, 2.75) is 6.92 Å². The first-order chi connectivity index (χ1) is 10.6. The van der Waals surface area contributed by atoms with Crippen molar-refractivity contribution in [1.82, 2.24) is 0 Å². The Labute approximate surface area is 126 Å². The molecule has 116 valence electrons. The lowest BCUT2D eigenvalue weighted by Gasteiger charge is -2.12. The molecule has 2 aromatic carbocycles. The van der Waals surface area contributed by atoms with Crippen molar-refractivity contribution in [2.75, 3.05) is 18.5 Å². The van der Waals surface area contributed by atoms with Gasteiger partial charge >= 0.3 is 0 Å². The molecule has 4 nitrogen and oxygen atoms in total. The van der Waals surface area contributed by atoms with E-state index >= 15 is 0 Å². The van der Waals surface area contributed by atoms with Gasteiger partial charge in [0.05, 0.1) is 12.3 Å². The molecule has 0 bridgehead atoms. The number of amides is 1. The highest BCUT2D eigenvalue weighted by molar-refractivity contribution is 5.93. The van der Waals surface area contributed by atoms with Crippen LogP contribution >= 0.6 is 0 Å². The van der Waals surface area contributed by atoms with Crippen LogP contribution in [-0.4, -0.2) is 19.1 Å². The molecule has 0 aromatic heterocycles. The fourth-order valence-electron chi connectivity index (χ4n) is 1.77. The van der Waals surface area contributed by atoms with Crippen LogP contribution in [0.5, 0.6) is 11.5 Å². The lowest BCUT2D eigenvalue weighted by Crippen LogP contribution is -2.21. The number of carbonyl (C=O) groups excluding carboxylic acids is 1. The predicted molar refractivity (Wildman–Crippen MR) is 78.1 cm³/mol. The number of benzene rings is 2. The highest BCUT2D eigenvalue weighted by atomic mass is 19.1. The minimum absolute atomic E-state index is 0.186. The second-order valence-corrected chi connectivity index (χ2v) is 4.34. The monoisotopic (exact) mass is 307 g/mol. The van der Waals surface area contributed by atoms with Crippen LogP contribution in [0.1, 0.15) is 6.92 Å². The molecule has 0 radical (unpaired) electrons. The highest BCUT2D eigenvalue weighted by Crippen LogP contribution is 2.23. The number of ether oxygens (including phenoxy) is 2. The Morgan fingerprint density at radius 2 is 1.86 bits per heavy atom. The van der Waals surface area contributed by atoms with E-state index in [1.165, 1.54) is 0 Å². The first-order valence-corrected chi connectivity index (χ1v) is 6.69. The Hall–Kier alpha value is -2.63. The van der Waals surface area contributed by atoms with Gasteiger partial charge in [-0.15, -0.1) is 0 Å². The first-order valence-electron chi connectivity index (χ1n) is 6.69. The molecular formula is C16H15F2NO3. The molecule has 22 heavy (non-hydrogen) atoms. The maximum atomic E-state index is 13.4. The van der Waals surface area contributed by atoms with Crippen molar-refractivity contribution < 1.29 is 23.0 Å². The van der Waals surface area contributed by atoms with Crippen LogP contribution in [0, 0.1) is 11.6 Å². The summed E-state index contributed by atoms with van der Waals surface area (Å²) in [7, 11) is 0. The number of hydrogen-bond acceptors (Lipinski definition) is 3. The van der Waals surface area contributed by atoms with Crippen molar-refractivity contribution in [3.63, 3.8) is 0 Å². The van der Waals surface area contributed by atoms with E-state index in [1.807, 2.05) is 6.92 Å². The molecule has 0 spiro atoms. The number of hydrogen-bond donors (Lipinski definition) is 1. The summed E-state index contributed by atoms with van der Waals surface area (Å²) in [4.78, 5) is 11.8. The van der Waals surface area contributed by atoms with E-state index in [0.717, 1.165) is 12.1 Å². The van der Waals surface area contributed by atoms with Crippen LogP contribution in [0.4, 0.5) is 14.5 Å². The molecule has 0 fully saturated rings. The molecule has 0 heterocycles. The summed E-state index contributed by atoms with van der Waals surface area (Å²) in [6.45, 7) is 1.90. The molecule has 0 aliphatic carbocycles. The number of halogens is 2. The zero-order valence-corrected chi connectivity index (χ0v) is 11.9. The minimum atomic E-state index is -0.859. The third-order valence-corrected chi connectivity index (χ3v) is 2.71. The predicted octanol–water partition coefficient (Wildman–Crippen LogP) is 3.38. The van der Waals surface area contributed by atoms with E-state index in [2.05, 4.69) is 5.32 Å². The van der Waals surface area contributed by atoms with Gasteiger partial charge in [-0.05, 0) is 31.2 Å². The van der Waals surface area contributed by atoms with Gasteiger partial charge < -0.3 is 14.8 Å². The zero-order valence-electron chi connectivity index (χ0n) is 11.9. The van der Waals surface area contributed by atoms with Gasteiger partial charge in [0.15, 0.2) is 18.2 Å². The average Bonchev–Trinajstić information content (AvgIpc) is 2.48. The van der Waals surface area contributed by atoms with Gasteiger partial charge in [-0.25, -0.2) is 8.78 Å². The van der Waals surface area contributed by atoms with Gasteiger partial charge in [0, 0.05) is 6.07 Å². The summed E-state index contributed by atoms with van der Waals surface area (Å²) in [6.07, 6.45) is 0. The summed E-state index contributed by atoms with van der Waals surface area (Å²) < 4.78 is 36.5. The van der Waals surface area contributed by atoms with Crippen molar-refractivity contribution in [3.05, 3.63) is 54.1 Å². The Kier molecular flexibility index (Phi) is 5.30. The van der Waals surface area contributed by atoms with Gasteiger partial charge in [0.25, 0.3) is 5.91 Å². The molecule has 1 amide bonds. The Balaban J connectivity index is 1.96. The Bertz CT molecular complexity index is 662. The molecule has 2 rings (SSSR count). The van der Waals surface area contributed by atoms with E-state index < -0.39 is 24.1 Å². The maximum absolute atomic E-state index is 13.4. The molecule has 0 aliphatic rings. The summed E-state index contributed by atoms with van der Waals surface area (Å²) in [6, 6.07) is 9.81. The third kappa shape index (κ3) is 4.18. The number of rotatable bonds is 6. The third-order valence-electron chi connectivity index (χ3n) is 2.71. The minimum Gasteiger partial charge on any atom is -0.492 e. The molecule has 0 saturated carbocycles. The molecule has 1 N–H and O–H groups in total. The first kappa shape index (κ1) is 15.8. The van der Waals surface area contributed by atoms with Crippen LogP contribution < -0.4 is 14.8 Å². The summed E-state index contributed by atoms with van der Waals surface area (Å²) in [5.41, 5.74) is 0.498. The molecular weight excluding hydrogens is 292 g/mol. The van der Waals surface area contributed by atoms with Gasteiger partial charge in [-0.1, -0.05) is 12.1 Å². The van der Waals surface area contributed by atoms with Crippen LogP contribution in [0.15, 0.2) is 42.5 Å². The standard InChI is InChI=1S/C16H15F2NO3/c1-2-21-15-6-4-3-5-13(15)19-16(20)10-22-14-8-7-11(17)9-12(14)18/h3-9H,2,10H2,1H3,(H,19,20).